The van der Waals surface area contributed by atoms with E-state index in [9.17, 15) is 33.6 Å². The number of nitrogens with zero attached hydrogens (tertiary/aromatic N) is 3. The van der Waals surface area contributed by atoms with Gasteiger partial charge in [-0.15, -0.1) is 0 Å². The Balaban J connectivity index is 1.33. The molecular formula is C49H74N10O11. The van der Waals surface area contributed by atoms with Crippen molar-refractivity contribution in [3.63, 3.8) is 0 Å². The average Bonchev–Trinajstić information content (AvgIpc) is 3.70. The number of fused-ring (bicyclic) bond motifs is 1. The van der Waals surface area contributed by atoms with Gasteiger partial charge in [-0.2, -0.15) is 0 Å². The normalized spacial score (nSPS) is 13.6. The van der Waals surface area contributed by atoms with Gasteiger partial charge in [0.15, 0.2) is 0 Å². The summed E-state index contributed by atoms with van der Waals surface area (Å²) in [6, 6.07) is 15.3. The van der Waals surface area contributed by atoms with Crippen molar-refractivity contribution in [3.8, 4) is 0 Å². The second kappa shape index (κ2) is 30.2. The standard InChI is InChI=1S/C49H74N10O11/c1-34(2)46(47(65)55-38(9-7-21-53-48(50)66)31-54-37-13-11-35(12-14-37)33-70-49(67)52-4)56-42(60)15-16-44(62)59(25-27-69-29-28-68-26-20-45(63)64)39-17-22-57(23-18-39)43(61)19-24-58-40(32-51-3)30-36-8-5-6-10-41(36)58/h5-6,8,10-14,30,34,38-39,46,51,54H,7,9,15-29,31-33H2,1-4H3,(H,52,67)(H,55,65)(H,56,60)(H,63,64)(H3,50,53,66). The van der Waals surface area contributed by atoms with Crippen LogP contribution in [0.4, 0.5) is 15.3 Å². The summed E-state index contributed by atoms with van der Waals surface area (Å²) in [5.41, 5.74) is 8.97. The zero-order valence-electron chi connectivity index (χ0n) is 41.1. The number of aliphatic carboxylic acids is 1. The lowest BCUT2D eigenvalue weighted by molar-refractivity contribution is -0.139. The number of carbonyl (C=O) groups is 7. The maximum absolute atomic E-state index is 14.0. The first kappa shape index (κ1) is 56.1. The number of carboxylic acids is 1. The molecule has 1 aliphatic heterocycles. The van der Waals surface area contributed by atoms with Crippen LogP contribution in [0.15, 0.2) is 54.6 Å². The van der Waals surface area contributed by atoms with Crippen LogP contribution >= 0.6 is 0 Å². The number of hydrogen-bond donors (Lipinski definition) is 8. The van der Waals surface area contributed by atoms with Gasteiger partial charge in [-0.1, -0.05) is 44.2 Å². The molecule has 4 rings (SSSR count). The molecular weight excluding hydrogens is 905 g/mol. The Hall–Kier alpha value is -6.45. The number of hydrogen-bond acceptors (Lipinski definition) is 12. The smallest absolute Gasteiger partial charge is 0.407 e. The van der Waals surface area contributed by atoms with Crippen molar-refractivity contribution in [2.45, 2.75) is 103 Å². The molecule has 0 spiro atoms. The predicted molar refractivity (Wildman–Crippen MR) is 263 cm³/mol. The van der Waals surface area contributed by atoms with Gasteiger partial charge in [0.1, 0.15) is 12.6 Å². The number of aromatic nitrogens is 1. The van der Waals surface area contributed by atoms with E-state index in [2.05, 4.69) is 54.7 Å². The second-order valence-electron chi connectivity index (χ2n) is 17.5. The Morgan fingerprint density at radius 3 is 2.26 bits per heavy atom. The molecule has 2 unspecified atom stereocenters. The molecule has 0 bridgehead atoms. The summed E-state index contributed by atoms with van der Waals surface area (Å²) in [6.07, 6.45) is 1.45. The Kier molecular flexibility index (Phi) is 24.2. The maximum Gasteiger partial charge on any atom is 0.407 e. The van der Waals surface area contributed by atoms with Gasteiger partial charge in [-0.05, 0) is 73.9 Å². The maximum atomic E-state index is 14.0. The van der Waals surface area contributed by atoms with Crippen molar-refractivity contribution in [1.82, 2.24) is 41.0 Å². The highest BCUT2D eigenvalue weighted by atomic mass is 16.5. The minimum Gasteiger partial charge on any atom is -0.481 e. The Bertz CT molecular complexity index is 2140. The lowest BCUT2D eigenvalue weighted by atomic mass is 10.0. The second-order valence-corrected chi connectivity index (χ2v) is 17.5. The van der Waals surface area contributed by atoms with Crippen molar-refractivity contribution >= 4 is 58.3 Å². The molecule has 7 amide bonds. The van der Waals surface area contributed by atoms with Gasteiger partial charge in [0.2, 0.25) is 23.6 Å². The number of nitrogens with two attached hydrogens (primary N) is 1. The van der Waals surface area contributed by atoms with E-state index < -0.39 is 42.0 Å². The summed E-state index contributed by atoms with van der Waals surface area (Å²) >= 11 is 0. The number of nitrogens with one attached hydrogen (secondary N) is 6. The summed E-state index contributed by atoms with van der Waals surface area (Å²) in [7, 11) is 3.37. The van der Waals surface area contributed by atoms with Crippen molar-refractivity contribution in [2.75, 3.05) is 78.6 Å². The molecule has 21 heteroatoms. The number of anilines is 1. The summed E-state index contributed by atoms with van der Waals surface area (Å²) in [6.45, 7) is 7.36. The number of urea groups is 1. The molecule has 386 valence electrons. The van der Waals surface area contributed by atoms with Gasteiger partial charge in [-0.25, -0.2) is 9.59 Å². The minimum absolute atomic E-state index is 0.0382. The third-order valence-corrected chi connectivity index (χ3v) is 12.0. The molecule has 0 radical (unpaired) electrons. The van der Waals surface area contributed by atoms with Crippen LogP contribution in [0.1, 0.15) is 76.5 Å². The number of carbonyl (C=O) groups excluding carboxylic acids is 6. The summed E-state index contributed by atoms with van der Waals surface area (Å²) in [5, 5.41) is 27.4. The fraction of sp³-hybridized carbons (Fsp3) is 0.571. The molecule has 0 saturated carbocycles. The first-order valence-corrected chi connectivity index (χ1v) is 24.2. The highest BCUT2D eigenvalue weighted by Gasteiger charge is 2.31. The number of benzene rings is 2. The Morgan fingerprint density at radius 2 is 1.59 bits per heavy atom. The molecule has 9 N–H and O–H groups in total. The Morgan fingerprint density at radius 1 is 0.871 bits per heavy atom. The van der Waals surface area contributed by atoms with E-state index >= 15 is 0 Å². The summed E-state index contributed by atoms with van der Waals surface area (Å²) in [5.74, 6) is -2.35. The summed E-state index contributed by atoms with van der Waals surface area (Å²) < 4.78 is 18.4. The number of amides is 7. The van der Waals surface area contributed by atoms with E-state index in [1.165, 1.54) is 7.05 Å². The Labute approximate surface area is 410 Å². The largest absolute Gasteiger partial charge is 0.481 e. The van der Waals surface area contributed by atoms with Gasteiger partial charge in [-0.3, -0.25) is 24.0 Å². The van der Waals surface area contributed by atoms with Gasteiger partial charge in [0.25, 0.3) is 0 Å². The molecule has 2 atom stereocenters. The van der Waals surface area contributed by atoms with Crippen LogP contribution in [0, 0.1) is 5.92 Å². The van der Waals surface area contributed by atoms with E-state index in [1.54, 1.807) is 4.90 Å². The highest BCUT2D eigenvalue weighted by Crippen LogP contribution is 2.23. The minimum atomic E-state index is -0.957. The SMILES string of the molecule is CNCc1cc2ccccc2n1CCC(=O)N1CCC(N(CCOCCOCCC(=O)O)C(=O)CCC(=O)NC(C(=O)NC(CCCNC(N)=O)CNc2ccc(COC(=O)NC)cc2)C(C)C)CC1. The number of primary amides is 1. The molecule has 2 heterocycles. The van der Waals surface area contributed by atoms with E-state index in [-0.39, 0.29) is 82.6 Å². The summed E-state index contributed by atoms with van der Waals surface area (Å²) in [4.78, 5) is 92.0. The van der Waals surface area contributed by atoms with Crippen molar-refractivity contribution in [1.29, 1.82) is 0 Å². The molecule has 1 fully saturated rings. The van der Waals surface area contributed by atoms with Crippen LogP contribution in [-0.4, -0.2) is 153 Å². The first-order valence-electron chi connectivity index (χ1n) is 24.2. The number of likely N-dealkylation sites (tertiary alicyclic amines) is 1. The predicted octanol–water partition coefficient (Wildman–Crippen LogP) is 2.90. The van der Waals surface area contributed by atoms with Crippen LogP contribution in [0.2, 0.25) is 0 Å². The number of rotatable bonds is 31. The molecule has 1 aromatic heterocycles. The molecule has 70 heavy (non-hydrogen) atoms. The molecule has 3 aromatic rings. The van der Waals surface area contributed by atoms with Crippen LogP contribution in [0.25, 0.3) is 10.9 Å². The number of ether oxygens (including phenoxy) is 3. The quantitative estimate of drug-likeness (QED) is 0.0432. The van der Waals surface area contributed by atoms with Crippen molar-refractivity contribution < 1.29 is 52.9 Å². The van der Waals surface area contributed by atoms with E-state index in [0.717, 1.165) is 27.8 Å². The lowest BCUT2D eigenvalue weighted by Crippen LogP contribution is -2.53. The van der Waals surface area contributed by atoms with E-state index in [1.807, 2.05) is 62.2 Å². The van der Waals surface area contributed by atoms with Crippen LogP contribution in [0.5, 0.6) is 0 Å². The highest BCUT2D eigenvalue weighted by molar-refractivity contribution is 5.90. The van der Waals surface area contributed by atoms with Gasteiger partial charge in [0, 0.05) is 101 Å². The number of carboxylic acid groups (broad SMARTS) is 1. The fourth-order valence-corrected chi connectivity index (χ4v) is 8.21. The van der Waals surface area contributed by atoms with Gasteiger partial charge < -0.3 is 71.3 Å². The number of piperidine rings is 1. The molecule has 21 nitrogen and oxygen atoms in total. The third kappa shape index (κ3) is 19.5. The molecule has 0 aliphatic carbocycles. The third-order valence-electron chi connectivity index (χ3n) is 12.0. The van der Waals surface area contributed by atoms with Gasteiger partial charge in [0.05, 0.1) is 32.8 Å². The zero-order valence-corrected chi connectivity index (χ0v) is 41.1. The van der Waals surface area contributed by atoms with Crippen LogP contribution in [0.3, 0.4) is 0 Å². The van der Waals surface area contributed by atoms with Crippen molar-refractivity contribution in [2.24, 2.45) is 11.7 Å². The van der Waals surface area contributed by atoms with E-state index in [0.29, 0.717) is 71.4 Å². The monoisotopic (exact) mass is 979 g/mol. The lowest BCUT2D eigenvalue weighted by Gasteiger charge is -2.39. The molecule has 1 saturated heterocycles. The van der Waals surface area contributed by atoms with Crippen LogP contribution in [-0.2, 0) is 57.9 Å². The van der Waals surface area contributed by atoms with E-state index in [4.69, 9.17) is 25.1 Å². The number of para-hydroxylation sites is 1. The van der Waals surface area contributed by atoms with Crippen LogP contribution < -0.4 is 37.6 Å². The van der Waals surface area contributed by atoms with Crippen molar-refractivity contribution in [3.05, 3.63) is 65.9 Å². The topological polar surface area (TPSA) is 277 Å². The average molecular weight is 979 g/mol. The number of aryl methyl sites for hydroxylation is 1. The van der Waals surface area contributed by atoms with Gasteiger partial charge >= 0.3 is 18.1 Å². The molecule has 1 aliphatic rings. The number of alkyl carbamates (subject to hydrolysis) is 1. The molecule has 2 aromatic carbocycles. The fourth-order valence-electron chi connectivity index (χ4n) is 8.21. The first-order chi connectivity index (χ1) is 33.7. The zero-order chi connectivity index (χ0) is 50.8.